The third-order valence-corrected chi connectivity index (χ3v) is 3.99. The molecule has 0 amide bonds. The van der Waals surface area contributed by atoms with E-state index in [1.807, 2.05) is 41.3 Å². The number of benzene rings is 1. The number of piperazine rings is 1. The van der Waals surface area contributed by atoms with Crippen molar-refractivity contribution in [3.8, 4) is 0 Å². The van der Waals surface area contributed by atoms with Gasteiger partial charge in [-0.1, -0.05) is 17.7 Å². The molecular formula is C15H19ClN4. The van der Waals surface area contributed by atoms with Gasteiger partial charge in [-0.3, -0.25) is 9.58 Å². The summed E-state index contributed by atoms with van der Waals surface area (Å²) in [4.78, 5) is 4.89. The summed E-state index contributed by atoms with van der Waals surface area (Å²) in [6.07, 6.45) is 3.85. The second kappa shape index (κ2) is 6.29. The van der Waals surface area contributed by atoms with E-state index >= 15 is 0 Å². The number of rotatable bonds is 4. The van der Waals surface area contributed by atoms with Gasteiger partial charge in [0.25, 0.3) is 0 Å². The Bertz CT molecular complexity index is 533. The molecule has 2 heterocycles. The van der Waals surface area contributed by atoms with Gasteiger partial charge in [0.05, 0.1) is 6.54 Å². The van der Waals surface area contributed by atoms with E-state index in [-0.39, 0.29) is 0 Å². The van der Waals surface area contributed by atoms with E-state index in [1.54, 1.807) is 0 Å². The molecule has 1 aromatic carbocycles. The van der Waals surface area contributed by atoms with Crippen molar-refractivity contribution in [3.05, 3.63) is 47.7 Å². The van der Waals surface area contributed by atoms with E-state index < -0.39 is 0 Å². The first kappa shape index (κ1) is 13.5. The summed E-state index contributed by atoms with van der Waals surface area (Å²) in [5.74, 6) is 0. The molecule has 1 aromatic heterocycles. The molecule has 2 aromatic rings. The molecule has 0 unspecified atom stereocenters. The van der Waals surface area contributed by atoms with Gasteiger partial charge in [0, 0.05) is 55.8 Å². The number of aromatic nitrogens is 2. The van der Waals surface area contributed by atoms with Gasteiger partial charge in [-0.05, 0) is 24.3 Å². The minimum Gasteiger partial charge on any atom is -0.369 e. The third kappa shape index (κ3) is 3.32. The maximum Gasteiger partial charge on any atom is 0.0536 e. The fraction of sp³-hybridized carbons (Fsp3) is 0.400. The van der Waals surface area contributed by atoms with Crippen molar-refractivity contribution in [2.75, 3.05) is 37.6 Å². The van der Waals surface area contributed by atoms with Gasteiger partial charge in [0.15, 0.2) is 0 Å². The van der Waals surface area contributed by atoms with Crippen LogP contribution >= 0.6 is 11.6 Å². The van der Waals surface area contributed by atoms with Gasteiger partial charge in [-0.25, -0.2) is 0 Å². The molecule has 1 aliphatic heterocycles. The first-order chi connectivity index (χ1) is 9.81. The van der Waals surface area contributed by atoms with Gasteiger partial charge in [-0.2, -0.15) is 5.10 Å². The lowest BCUT2D eigenvalue weighted by molar-refractivity contribution is 0.244. The van der Waals surface area contributed by atoms with E-state index in [1.165, 1.54) is 5.69 Å². The van der Waals surface area contributed by atoms with Crippen molar-refractivity contribution >= 4 is 17.3 Å². The van der Waals surface area contributed by atoms with Gasteiger partial charge in [0.2, 0.25) is 0 Å². The Kier molecular flexibility index (Phi) is 4.23. The summed E-state index contributed by atoms with van der Waals surface area (Å²) < 4.78 is 1.99. The Morgan fingerprint density at radius 1 is 1.05 bits per heavy atom. The van der Waals surface area contributed by atoms with Crippen LogP contribution in [0.5, 0.6) is 0 Å². The highest BCUT2D eigenvalue weighted by atomic mass is 35.5. The summed E-state index contributed by atoms with van der Waals surface area (Å²) in [7, 11) is 0. The van der Waals surface area contributed by atoms with Gasteiger partial charge < -0.3 is 4.90 Å². The molecule has 1 fully saturated rings. The van der Waals surface area contributed by atoms with Crippen LogP contribution in [0.2, 0.25) is 5.02 Å². The molecule has 0 aliphatic carbocycles. The average molecular weight is 291 g/mol. The van der Waals surface area contributed by atoms with E-state index in [0.717, 1.165) is 44.3 Å². The predicted molar refractivity (Wildman–Crippen MR) is 82.3 cm³/mol. The Labute approximate surface area is 124 Å². The Balaban J connectivity index is 1.49. The second-order valence-electron chi connectivity index (χ2n) is 5.08. The molecule has 5 heteroatoms. The zero-order valence-corrected chi connectivity index (χ0v) is 12.2. The summed E-state index contributed by atoms with van der Waals surface area (Å²) in [5.41, 5.74) is 1.23. The number of hydrogen-bond donors (Lipinski definition) is 0. The van der Waals surface area contributed by atoms with Gasteiger partial charge >= 0.3 is 0 Å². The lowest BCUT2D eigenvalue weighted by atomic mass is 10.2. The zero-order chi connectivity index (χ0) is 13.8. The second-order valence-corrected chi connectivity index (χ2v) is 5.51. The molecule has 0 saturated carbocycles. The van der Waals surface area contributed by atoms with E-state index in [0.29, 0.717) is 0 Å². The molecule has 0 bridgehead atoms. The zero-order valence-electron chi connectivity index (χ0n) is 11.5. The molecule has 4 nitrogen and oxygen atoms in total. The lowest BCUT2D eigenvalue weighted by Crippen LogP contribution is -2.47. The van der Waals surface area contributed by atoms with Crippen molar-refractivity contribution < 1.29 is 0 Å². The maximum atomic E-state index is 6.05. The number of anilines is 1. The minimum atomic E-state index is 0.809. The summed E-state index contributed by atoms with van der Waals surface area (Å²) in [5, 5.41) is 5.05. The van der Waals surface area contributed by atoms with E-state index in [9.17, 15) is 0 Å². The highest BCUT2D eigenvalue weighted by Crippen LogP contribution is 2.20. The van der Waals surface area contributed by atoms with Crippen molar-refractivity contribution in [1.82, 2.24) is 14.7 Å². The van der Waals surface area contributed by atoms with Gasteiger partial charge in [0.1, 0.15) is 0 Å². The van der Waals surface area contributed by atoms with Crippen LogP contribution in [0.3, 0.4) is 0 Å². The molecule has 3 rings (SSSR count). The van der Waals surface area contributed by atoms with E-state index in [2.05, 4.69) is 21.0 Å². The molecular weight excluding hydrogens is 272 g/mol. The summed E-state index contributed by atoms with van der Waals surface area (Å²) in [6.45, 7) is 6.32. The third-order valence-electron chi connectivity index (χ3n) is 3.75. The summed E-state index contributed by atoms with van der Waals surface area (Å²) in [6, 6.07) is 10.1. The van der Waals surface area contributed by atoms with Crippen LogP contribution in [-0.2, 0) is 6.54 Å². The minimum absolute atomic E-state index is 0.809. The highest BCUT2D eigenvalue weighted by Gasteiger charge is 2.17. The molecule has 0 spiro atoms. The van der Waals surface area contributed by atoms with Crippen LogP contribution in [-0.4, -0.2) is 47.4 Å². The number of hydrogen-bond acceptors (Lipinski definition) is 3. The van der Waals surface area contributed by atoms with Crippen LogP contribution in [0.25, 0.3) is 0 Å². The lowest BCUT2D eigenvalue weighted by Gasteiger charge is -2.36. The number of nitrogens with zero attached hydrogens (tertiary/aromatic N) is 4. The summed E-state index contributed by atoms with van der Waals surface area (Å²) >= 11 is 6.05. The average Bonchev–Trinajstić information content (AvgIpc) is 2.99. The van der Waals surface area contributed by atoms with Crippen molar-refractivity contribution in [2.45, 2.75) is 6.54 Å². The molecule has 0 radical (unpaired) electrons. The predicted octanol–water partition coefficient (Wildman–Crippen LogP) is 2.36. The largest absolute Gasteiger partial charge is 0.369 e. The standard InChI is InChI=1S/C15H19ClN4/c16-14-3-1-4-15(13-14)19-10-7-18(8-11-19)9-12-20-6-2-5-17-20/h1-6,13H,7-12H2. The molecule has 1 saturated heterocycles. The quantitative estimate of drug-likeness (QED) is 0.864. The van der Waals surface area contributed by atoms with Crippen molar-refractivity contribution in [1.29, 1.82) is 0 Å². The molecule has 106 valence electrons. The smallest absolute Gasteiger partial charge is 0.0536 e. The molecule has 1 aliphatic rings. The molecule has 20 heavy (non-hydrogen) atoms. The SMILES string of the molecule is Clc1cccc(N2CCN(CCn3cccn3)CC2)c1. The van der Waals surface area contributed by atoms with E-state index in [4.69, 9.17) is 11.6 Å². The molecule has 0 atom stereocenters. The van der Waals surface area contributed by atoms with Crippen molar-refractivity contribution in [3.63, 3.8) is 0 Å². The normalized spacial score (nSPS) is 16.6. The van der Waals surface area contributed by atoms with Crippen LogP contribution in [0.4, 0.5) is 5.69 Å². The number of halogens is 1. The molecule has 0 N–H and O–H groups in total. The Morgan fingerprint density at radius 2 is 1.90 bits per heavy atom. The fourth-order valence-electron chi connectivity index (χ4n) is 2.58. The van der Waals surface area contributed by atoms with Crippen LogP contribution < -0.4 is 4.90 Å². The van der Waals surface area contributed by atoms with Crippen molar-refractivity contribution in [2.24, 2.45) is 0 Å². The maximum absolute atomic E-state index is 6.05. The first-order valence-corrected chi connectivity index (χ1v) is 7.39. The monoisotopic (exact) mass is 290 g/mol. The Hall–Kier alpha value is -1.52. The fourth-order valence-corrected chi connectivity index (χ4v) is 2.76. The Morgan fingerprint density at radius 3 is 2.60 bits per heavy atom. The van der Waals surface area contributed by atoms with Crippen LogP contribution in [0.1, 0.15) is 0 Å². The van der Waals surface area contributed by atoms with Crippen LogP contribution in [0.15, 0.2) is 42.7 Å². The first-order valence-electron chi connectivity index (χ1n) is 7.01. The topological polar surface area (TPSA) is 24.3 Å². The van der Waals surface area contributed by atoms with Gasteiger partial charge in [-0.15, -0.1) is 0 Å². The highest BCUT2D eigenvalue weighted by molar-refractivity contribution is 6.30. The van der Waals surface area contributed by atoms with Crippen LogP contribution in [0, 0.1) is 0 Å².